The van der Waals surface area contributed by atoms with E-state index >= 15 is 0 Å². The molecule has 0 aromatic heterocycles. The molecule has 0 fully saturated rings. The van der Waals surface area contributed by atoms with E-state index in [1.54, 1.807) is 7.11 Å². The van der Waals surface area contributed by atoms with Crippen LogP contribution in [0.4, 0.5) is 0 Å². The minimum atomic E-state index is 0.107. The van der Waals surface area contributed by atoms with Gasteiger partial charge in [0.05, 0.1) is 7.11 Å². The number of methoxy groups -OCH3 is 1. The Morgan fingerprint density at radius 2 is 1.46 bits per heavy atom. The van der Waals surface area contributed by atoms with E-state index < -0.39 is 0 Å². The third-order valence-electron chi connectivity index (χ3n) is 5.07. The van der Waals surface area contributed by atoms with E-state index in [1.807, 2.05) is 12.1 Å². The molecular formula is C26H30NO+. The summed E-state index contributed by atoms with van der Waals surface area (Å²) in [6.07, 6.45) is 8.76. The Balaban J connectivity index is 2.19. The molecule has 2 aromatic rings. The van der Waals surface area contributed by atoms with Gasteiger partial charge in [0.15, 0.2) is 5.71 Å². The van der Waals surface area contributed by atoms with Gasteiger partial charge in [0, 0.05) is 12.2 Å². The molecule has 0 aliphatic heterocycles. The van der Waals surface area contributed by atoms with Crippen LogP contribution in [0.2, 0.25) is 0 Å². The van der Waals surface area contributed by atoms with Gasteiger partial charge in [-0.15, -0.1) is 0 Å². The normalized spacial score (nSPS) is 13.6. The van der Waals surface area contributed by atoms with Crippen molar-refractivity contribution in [2.75, 3.05) is 21.2 Å². The predicted octanol–water partition coefficient (Wildman–Crippen LogP) is 5.63. The van der Waals surface area contributed by atoms with E-state index in [1.165, 1.54) is 33.5 Å². The van der Waals surface area contributed by atoms with Crippen LogP contribution in [-0.2, 0) is 5.41 Å². The van der Waals surface area contributed by atoms with E-state index in [2.05, 4.69) is 100 Å². The molecule has 2 heteroatoms. The minimum Gasteiger partial charge on any atom is -0.497 e. The van der Waals surface area contributed by atoms with Crippen molar-refractivity contribution in [3.8, 4) is 5.75 Å². The second-order valence-corrected chi connectivity index (χ2v) is 8.38. The summed E-state index contributed by atoms with van der Waals surface area (Å²) in [7, 11) is 5.83. The molecular weight excluding hydrogens is 342 g/mol. The summed E-state index contributed by atoms with van der Waals surface area (Å²) < 4.78 is 7.47. The lowest BCUT2D eigenvalue weighted by molar-refractivity contribution is -0.462. The van der Waals surface area contributed by atoms with Crippen molar-refractivity contribution in [1.82, 2.24) is 0 Å². The van der Waals surface area contributed by atoms with Gasteiger partial charge in [0.2, 0.25) is 0 Å². The van der Waals surface area contributed by atoms with Crippen molar-refractivity contribution >= 4 is 11.3 Å². The van der Waals surface area contributed by atoms with Crippen molar-refractivity contribution in [2.24, 2.45) is 0 Å². The maximum atomic E-state index is 5.35. The quantitative estimate of drug-likeness (QED) is 0.636. The molecule has 1 aliphatic carbocycles. The fourth-order valence-electron chi connectivity index (χ4n) is 3.33. The highest BCUT2D eigenvalue weighted by molar-refractivity contribution is 6.03. The first-order valence-electron chi connectivity index (χ1n) is 9.69. The zero-order chi connectivity index (χ0) is 20.3. The lowest BCUT2D eigenvalue weighted by atomic mass is 9.83. The Labute approximate surface area is 169 Å². The molecule has 0 saturated heterocycles. The van der Waals surface area contributed by atoms with Gasteiger partial charge >= 0.3 is 0 Å². The molecule has 0 N–H and O–H groups in total. The molecule has 0 radical (unpaired) electrons. The maximum absolute atomic E-state index is 5.35. The molecule has 0 amide bonds. The van der Waals surface area contributed by atoms with Crippen LogP contribution in [0.3, 0.4) is 0 Å². The first-order valence-corrected chi connectivity index (χ1v) is 9.69. The molecule has 3 rings (SSSR count). The van der Waals surface area contributed by atoms with Gasteiger partial charge in [-0.1, -0.05) is 57.2 Å². The number of benzene rings is 2. The molecule has 2 aromatic carbocycles. The highest BCUT2D eigenvalue weighted by Gasteiger charge is 2.17. The van der Waals surface area contributed by atoms with E-state index in [0.29, 0.717) is 0 Å². The zero-order valence-corrected chi connectivity index (χ0v) is 17.8. The van der Waals surface area contributed by atoms with Crippen LogP contribution >= 0.6 is 0 Å². The number of rotatable bonds is 3. The Kier molecular flexibility index (Phi) is 5.69. The third kappa shape index (κ3) is 4.33. The fraction of sp³-hybridized carbons (Fsp3) is 0.269. The van der Waals surface area contributed by atoms with Crippen LogP contribution in [-0.4, -0.2) is 31.5 Å². The first-order chi connectivity index (χ1) is 13.3. The van der Waals surface area contributed by atoms with Crippen molar-refractivity contribution < 1.29 is 9.31 Å². The van der Waals surface area contributed by atoms with E-state index in [0.717, 1.165) is 5.75 Å². The largest absolute Gasteiger partial charge is 0.497 e. The second kappa shape index (κ2) is 8.02. The number of hydrogen-bond donors (Lipinski definition) is 0. The Morgan fingerprint density at radius 3 is 2.00 bits per heavy atom. The first kappa shape index (κ1) is 19.9. The lowest BCUT2D eigenvalue weighted by Crippen LogP contribution is -2.11. The summed E-state index contributed by atoms with van der Waals surface area (Å²) in [5.74, 6) is 0.870. The van der Waals surface area contributed by atoms with Gasteiger partial charge in [0.25, 0.3) is 0 Å². The zero-order valence-electron chi connectivity index (χ0n) is 17.8. The molecule has 0 heterocycles. The third-order valence-corrected chi connectivity index (χ3v) is 5.07. The van der Waals surface area contributed by atoms with Crippen LogP contribution < -0.4 is 4.74 Å². The standard InChI is InChI=1S/C26H30NO/c1-26(2,3)22-9-7-8-21(18-22)25(20-12-16-24(28-6)17-13-20)19-10-14-23(15-11-19)27(4)5/h7-18H,1-6H3/q+1. The molecule has 0 spiro atoms. The molecule has 0 saturated carbocycles. The number of nitrogens with zero attached hydrogens (tertiary/aromatic N) is 1. The van der Waals surface area contributed by atoms with Crippen molar-refractivity contribution in [1.29, 1.82) is 0 Å². The van der Waals surface area contributed by atoms with Crippen LogP contribution in [0.25, 0.3) is 5.57 Å². The maximum Gasteiger partial charge on any atom is 0.199 e. The molecule has 1 aliphatic rings. The second-order valence-electron chi connectivity index (χ2n) is 8.38. The predicted molar refractivity (Wildman–Crippen MR) is 120 cm³/mol. The number of hydrogen-bond acceptors (Lipinski definition) is 1. The topological polar surface area (TPSA) is 12.2 Å². The highest BCUT2D eigenvalue weighted by Crippen LogP contribution is 2.33. The van der Waals surface area contributed by atoms with E-state index in [-0.39, 0.29) is 5.41 Å². The molecule has 0 atom stereocenters. The smallest absolute Gasteiger partial charge is 0.199 e. The van der Waals surface area contributed by atoms with Crippen molar-refractivity contribution in [3.63, 3.8) is 0 Å². The lowest BCUT2D eigenvalue weighted by Gasteiger charge is -2.21. The Morgan fingerprint density at radius 1 is 0.821 bits per heavy atom. The van der Waals surface area contributed by atoms with Crippen LogP contribution in [0.15, 0.2) is 78.4 Å². The summed E-state index contributed by atoms with van der Waals surface area (Å²) >= 11 is 0. The number of ether oxygens (including phenoxy) is 1. The van der Waals surface area contributed by atoms with Gasteiger partial charge in [-0.3, -0.25) is 0 Å². The van der Waals surface area contributed by atoms with Gasteiger partial charge in [0.1, 0.15) is 19.8 Å². The van der Waals surface area contributed by atoms with Crippen molar-refractivity contribution in [2.45, 2.75) is 26.2 Å². The fourth-order valence-corrected chi connectivity index (χ4v) is 3.33. The molecule has 144 valence electrons. The van der Waals surface area contributed by atoms with E-state index in [4.69, 9.17) is 4.74 Å². The SMILES string of the molecule is COc1ccc(C(=C2C=CC(=[N+](C)C)C=C2)c2cccc(C(C)(C)C)c2)cc1. The van der Waals surface area contributed by atoms with Gasteiger partial charge in [-0.2, -0.15) is 0 Å². The summed E-state index contributed by atoms with van der Waals surface area (Å²) in [5.41, 5.74) is 7.50. The molecule has 2 nitrogen and oxygen atoms in total. The summed E-state index contributed by atoms with van der Waals surface area (Å²) in [6.45, 7) is 6.77. The molecule has 0 bridgehead atoms. The van der Waals surface area contributed by atoms with E-state index in [9.17, 15) is 0 Å². The average Bonchev–Trinajstić information content (AvgIpc) is 2.69. The van der Waals surface area contributed by atoms with Crippen LogP contribution in [0, 0.1) is 0 Å². The van der Waals surface area contributed by atoms with Crippen LogP contribution in [0.5, 0.6) is 5.75 Å². The summed E-state index contributed by atoms with van der Waals surface area (Å²) in [4.78, 5) is 0. The molecule has 0 unspecified atom stereocenters. The minimum absolute atomic E-state index is 0.107. The Bertz CT molecular complexity index is 958. The summed E-state index contributed by atoms with van der Waals surface area (Å²) in [5, 5.41) is 0. The van der Waals surface area contributed by atoms with Gasteiger partial charge in [-0.05, 0) is 57.5 Å². The molecule has 28 heavy (non-hydrogen) atoms. The van der Waals surface area contributed by atoms with Crippen LogP contribution in [0.1, 0.15) is 37.5 Å². The highest BCUT2D eigenvalue weighted by atomic mass is 16.5. The van der Waals surface area contributed by atoms with Crippen molar-refractivity contribution in [3.05, 3.63) is 95.1 Å². The average molecular weight is 373 g/mol. The monoisotopic (exact) mass is 372 g/mol. The Hall–Kier alpha value is -2.87. The number of allylic oxidation sites excluding steroid dienone is 5. The van der Waals surface area contributed by atoms with Gasteiger partial charge in [-0.25, -0.2) is 4.58 Å². The van der Waals surface area contributed by atoms with Gasteiger partial charge < -0.3 is 4.74 Å². The summed E-state index contributed by atoms with van der Waals surface area (Å²) in [6, 6.07) is 17.2.